The van der Waals surface area contributed by atoms with E-state index in [1.54, 1.807) is 24.3 Å². The first-order valence-corrected chi connectivity index (χ1v) is 6.65. The lowest BCUT2D eigenvalue weighted by atomic mass is 10.1. The maximum Gasteiger partial charge on any atom is 0.289 e. The number of carbonyl (C=O) groups is 1. The molecule has 1 amide bonds. The summed E-state index contributed by atoms with van der Waals surface area (Å²) in [5.74, 6) is -0.373. The second kappa shape index (κ2) is 6.11. The van der Waals surface area contributed by atoms with Gasteiger partial charge in [0.1, 0.15) is 5.02 Å². The molecular weight excluding hydrogens is 315 g/mol. The Bertz CT molecular complexity index is 715. The quantitative estimate of drug-likeness (QED) is 0.669. The molecule has 0 atom stereocenters. The lowest BCUT2D eigenvalue weighted by Gasteiger charge is -2.08. The number of hydrogen-bond donors (Lipinski definition) is 1. The molecule has 0 unspecified atom stereocenters. The molecule has 0 heterocycles. The van der Waals surface area contributed by atoms with Crippen LogP contribution < -0.4 is 5.32 Å². The van der Waals surface area contributed by atoms with Crippen LogP contribution in [0.15, 0.2) is 36.4 Å². The van der Waals surface area contributed by atoms with Gasteiger partial charge in [0.25, 0.3) is 11.6 Å². The molecular formula is C14H10Cl2N2O3. The van der Waals surface area contributed by atoms with Gasteiger partial charge in [0, 0.05) is 11.6 Å². The van der Waals surface area contributed by atoms with E-state index >= 15 is 0 Å². The van der Waals surface area contributed by atoms with Crippen LogP contribution in [0.1, 0.15) is 15.9 Å². The number of nitrogens with zero attached hydrogens (tertiary/aromatic N) is 1. The molecule has 0 aliphatic rings. The third-order valence-electron chi connectivity index (χ3n) is 2.80. The number of nitro groups is 1. The van der Waals surface area contributed by atoms with Crippen molar-refractivity contribution in [3.63, 3.8) is 0 Å². The van der Waals surface area contributed by atoms with Crippen molar-refractivity contribution >= 4 is 40.5 Å². The molecule has 2 aromatic carbocycles. The third kappa shape index (κ3) is 3.51. The molecule has 0 saturated carbocycles. The maximum atomic E-state index is 12.1. The molecule has 0 radical (unpaired) electrons. The Morgan fingerprint density at radius 1 is 1.14 bits per heavy atom. The van der Waals surface area contributed by atoms with E-state index in [-0.39, 0.29) is 27.3 Å². The number of hydrogen-bond acceptors (Lipinski definition) is 3. The molecule has 1 N–H and O–H groups in total. The molecule has 5 nitrogen and oxygen atoms in total. The van der Waals surface area contributed by atoms with E-state index in [1.165, 1.54) is 6.07 Å². The van der Waals surface area contributed by atoms with E-state index in [0.29, 0.717) is 5.56 Å². The Morgan fingerprint density at radius 2 is 1.76 bits per heavy atom. The minimum absolute atomic E-state index is 0.0477. The minimum atomic E-state index is -0.639. The van der Waals surface area contributed by atoms with E-state index in [0.717, 1.165) is 11.6 Å². The van der Waals surface area contributed by atoms with Crippen LogP contribution >= 0.6 is 23.2 Å². The highest BCUT2D eigenvalue weighted by molar-refractivity contribution is 6.37. The fourth-order valence-electron chi connectivity index (χ4n) is 1.67. The average molecular weight is 325 g/mol. The summed E-state index contributed by atoms with van der Waals surface area (Å²) < 4.78 is 0. The smallest absolute Gasteiger partial charge is 0.289 e. The van der Waals surface area contributed by atoms with Gasteiger partial charge in [-0.05, 0) is 25.1 Å². The molecule has 2 aromatic rings. The number of aryl methyl sites for hydroxylation is 1. The Hall–Kier alpha value is -2.11. The standard InChI is InChI=1S/C14H10Cl2N2O3/c1-8-2-4-9(5-3-8)14(19)17-12-6-11(16)13(18(20)21)7-10(12)15/h2-7H,1H3,(H,17,19). The lowest BCUT2D eigenvalue weighted by Crippen LogP contribution is -2.12. The van der Waals surface area contributed by atoms with E-state index < -0.39 is 4.92 Å². The summed E-state index contributed by atoms with van der Waals surface area (Å²) in [6, 6.07) is 9.32. The fraction of sp³-hybridized carbons (Fsp3) is 0.0714. The summed E-state index contributed by atoms with van der Waals surface area (Å²) in [7, 11) is 0. The Kier molecular flexibility index (Phi) is 4.45. The normalized spacial score (nSPS) is 10.2. The van der Waals surface area contributed by atoms with Crippen LogP contribution in [-0.2, 0) is 0 Å². The van der Waals surface area contributed by atoms with Gasteiger partial charge in [0.15, 0.2) is 0 Å². The van der Waals surface area contributed by atoms with E-state index in [1.807, 2.05) is 6.92 Å². The van der Waals surface area contributed by atoms with Gasteiger partial charge in [-0.2, -0.15) is 0 Å². The molecule has 0 spiro atoms. The van der Waals surface area contributed by atoms with Gasteiger partial charge < -0.3 is 5.32 Å². The van der Waals surface area contributed by atoms with Crippen molar-refractivity contribution in [2.75, 3.05) is 5.32 Å². The van der Waals surface area contributed by atoms with Crippen LogP contribution in [0, 0.1) is 17.0 Å². The van der Waals surface area contributed by atoms with Gasteiger partial charge in [0.05, 0.1) is 15.6 Å². The number of amides is 1. The van der Waals surface area contributed by atoms with Crippen molar-refractivity contribution in [3.8, 4) is 0 Å². The number of anilines is 1. The number of rotatable bonds is 3. The van der Waals surface area contributed by atoms with Gasteiger partial charge in [-0.15, -0.1) is 0 Å². The molecule has 0 fully saturated rings. The molecule has 0 aliphatic carbocycles. The van der Waals surface area contributed by atoms with Crippen LogP contribution in [0.4, 0.5) is 11.4 Å². The van der Waals surface area contributed by atoms with Crippen LogP contribution in [-0.4, -0.2) is 10.8 Å². The third-order valence-corrected chi connectivity index (χ3v) is 3.41. The highest BCUT2D eigenvalue weighted by atomic mass is 35.5. The van der Waals surface area contributed by atoms with Crippen LogP contribution in [0.2, 0.25) is 10.0 Å². The summed E-state index contributed by atoms with van der Waals surface area (Å²) in [6.07, 6.45) is 0. The molecule has 2 rings (SSSR count). The number of carbonyl (C=O) groups excluding carboxylic acids is 1. The van der Waals surface area contributed by atoms with Gasteiger partial charge in [-0.25, -0.2) is 0 Å². The Balaban J connectivity index is 2.27. The summed E-state index contributed by atoms with van der Waals surface area (Å²) in [5, 5.41) is 13.3. The zero-order valence-corrected chi connectivity index (χ0v) is 12.4. The molecule has 7 heteroatoms. The van der Waals surface area contributed by atoms with E-state index in [9.17, 15) is 14.9 Å². The van der Waals surface area contributed by atoms with Crippen molar-refractivity contribution < 1.29 is 9.72 Å². The first kappa shape index (κ1) is 15.3. The van der Waals surface area contributed by atoms with Gasteiger partial charge in [0.2, 0.25) is 0 Å². The van der Waals surface area contributed by atoms with Crippen LogP contribution in [0.5, 0.6) is 0 Å². The topological polar surface area (TPSA) is 72.2 Å². The van der Waals surface area contributed by atoms with Crippen molar-refractivity contribution in [1.29, 1.82) is 0 Å². The molecule has 0 bridgehead atoms. The van der Waals surface area contributed by atoms with E-state index in [2.05, 4.69) is 5.32 Å². The predicted octanol–water partition coefficient (Wildman–Crippen LogP) is 4.46. The molecule has 108 valence electrons. The average Bonchev–Trinajstić information content (AvgIpc) is 2.42. The number of nitro benzene ring substituents is 1. The minimum Gasteiger partial charge on any atom is -0.321 e. The molecule has 0 saturated heterocycles. The van der Waals surface area contributed by atoms with Crippen molar-refractivity contribution in [2.45, 2.75) is 6.92 Å². The van der Waals surface area contributed by atoms with Crippen molar-refractivity contribution in [1.82, 2.24) is 0 Å². The zero-order valence-electron chi connectivity index (χ0n) is 10.9. The van der Waals surface area contributed by atoms with Crippen molar-refractivity contribution in [3.05, 3.63) is 67.7 Å². The number of nitrogens with one attached hydrogen (secondary N) is 1. The van der Waals surface area contributed by atoms with Gasteiger partial charge in [-0.1, -0.05) is 40.9 Å². The fourth-order valence-corrected chi connectivity index (χ4v) is 2.11. The molecule has 0 aromatic heterocycles. The van der Waals surface area contributed by atoms with E-state index in [4.69, 9.17) is 23.2 Å². The maximum absolute atomic E-state index is 12.1. The Morgan fingerprint density at radius 3 is 2.33 bits per heavy atom. The largest absolute Gasteiger partial charge is 0.321 e. The van der Waals surface area contributed by atoms with Gasteiger partial charge >= 0.3 is 0 Å². The monoisotopic (exact) mass is 324 g/mol. The second-order valence-electron chi connectivity index (χ2n) is 4.36. The highest BCUT2D eigenvalue weighted by Gasteiger charge is 2.17. The van der Waals surface area contributed by atoms with Crippen LogP contribution in [0.3, 0.4) is 0 Å². The summed E-state index contributed by atoms with van der Waals surface area (Å²) in [4.78, 5) is 22.2. The first-order valence-electron chi connectivity index (χ1n) is 5.90. The van der Waals surface area contributed by atoms with Gasteiger partial charge in [-0.3, -0.25) is 14.9 Å². The Labute approximate surface area is 130 Å². The summed E-state index contributed by atoms with van der Waals surface area (Å²) in [5.41, 5.74) is 1.39. The number of benzene rings is 2. The summed E-state index contributed by atoms with van der Waals surface area (Å²) >= 11 is 11.7. The highest BCUT2D eigenvalue weighted by Crippen LogP contribution is 2.34. The van der Waals surface area contributed by atoms with Crippen LogP contribution in [0.25, 0.3) is 0 Å². The second-order valence-corrected chi connectivity index (χ2v) is 5.18. The zero-order chi connectivity index (χ0) is 15.6. The molecule has 0 aliphatic heterocycles. The molecule has 21 heavy (non-hydrogen) atoms. The van der Waals surface area contributed by atoms with Crippen molar-refractivity contribution in [2.24, 2.45) is 0 Å². The first-order chi connectivity index (χ1) is 9.88. The predicted molar refractivity (Wildman–Crippen MR) is 82.2 cm³/mol. The SMILES string of the molecule is Cc1ccc(C(=O)Nc2cc(Cl)c([N+](=O)[O-])cc2Cl)cc1. The summed E-state index contributed by atoms with van der Waals surface area (Å²) in [6.45, 7) is 1.91. The lowest BCUT2D eigenvalue weighted by molar-refractivity contribution is -0.384. The number of halogens is 2.